The van der Waals surface area contributed by atoms with Crippen molar-refractivity contribution in [3.63, 3.8) is 0 Å². The quantitative estimate of drug-likeness (QED) is 0.413. The summed E-state index contributed by atoms with van der Waals surface area (Å²) < 4.78 is 29.4. The first-order chi connectivity index (χ1) is 17.6. The maximum atomic E-state index is 14.0. The molecule has 9 heteroatoms. The van der Waals surface area contributed by atoms with Crippen LogP contribution >= 0.6 is 0 Å². The van der Waals surface area contributed by atoms with Crippen molar-refractivity contribution in [2.24, 2.45) is 0 Å². The van der Waals surface area contributed by atoms with Gasteiger partial charge in [0.15, 0.2) is 0 Å². The molecular weight excluding hydrogens is 490 g/mol. The number of nitrogens with zero attached hydrogens (tertiary/aromatic N) is 2. The number of sulfonamides is 1. The van der Waals surface area contributed by atoms with Crippen molar-refractivity contribution in [2.75, 3.05) is 10.2 Å². The second-order valence-electron chi connectivity index (χ2n) is 10.2. The highest BCUT2D eigenvalue weighted by Gasteiger charge is 2.49. The predicted octanol–water partition coefficient (Wildman–Crippen LogP) is 4.81. The molecule has 8 nitrogen and oxygen atoms in total. The first-order valence-electron chi connectivity index (χ1n) is 13.0. The first kappa shape index (κ1) is 27.0. The molecule has 0 radical (unpaired) electrons. The molecule has 1 saturated heterocycles. The predicted molar refractivity (Wildman–Crippen MR) is 143 cm³/mol. The highest BCUT2D eigenvalue weighted by Crippen LogP contribution is 2.35. The Morgan fingerprint density at radius 1 is 0.946 bits per heavy atom. The smallest absolute Gasteiger partial charge is 0.252 e. The van der Waals surface area contributed by atoms with E-state index in [1.54, 1.807) is 12.1 Å². The van der Waals surface area contributed by atoms with Gasteiger partial charge in [0.25, 0.3) is 5.91 Å². The standard InChI is InChI=1S/C28H35N3O5S/c1-19(2)21-10-14-23(15-11-21)30-27(33)18-26(28(30)34)31(24-8-6-4-5-7-9-24)37(35,36)25-16-12-22(13-17-25)29-20(3)32/h10-17,19,24,26H,4-9,18H2,1-3H3,(H,29,32). The summed E-state index contributed by atoms with van der Waals surface area (Å²) in [5, 5.41) is 2.63. The Morgan fingerprint density at radius 2 is 1.54 bits per heavy atom. The summed E-state index contributed by atoms with van der Waals surface area (Å²) in [6, 6.07) is 11.8. The number of carbonyl (C=O) groups is 3. The van der Waals surface area contributed by atoms with E-state index in [2.05, 4.69) is 19.2 Å². The zero-order valence-electron chi connectivity index (χ0n) is 21.6. The number of rotatable bonds is 7. The normalized spacial score (nSPS) is 19.5. The van der Waals surface area contributed by atoms with Crippen LogP contribution in [0.1, 0.15) is 77.2 Å². The molecule has 0 aromatic heterocycles. The van der Waals surface area contributed by atoms with Crippen molar-refractivity contribution in [1.82, 2.24) is 4.31 Å². The van der Waals surface area contributed by atoms with E-state index in [4.69, 9.17) is 0 Å². The lowest BCUT2D eigenvalue weighted by Crippen LogP contribution is -2.50. The Balaban J connectivity index is 1.70. The Kier molecular flexibility index (Phi) is 8.14. The Hall–Kier alpha value is -3.04. The highest BCUT2D eigenvalue weighted by molar-refractivity contribution is 7.89. The van der Waals surface area contributed by atoms with Crippen LogP contribution in [0.2, 0.25) is 0 Å². The maximum absolute atomic E-state index is 14.0. The SMILES string of the molecule is CC(=O)Nc1ccc(S(=O)(=O)N(C2CCCCCC2)C2CC(=O)N(c3ccc(C(C)C)cc3)C2=O)cc1. The van der Waals surface area contributed by atoms with Gasteiger partial charge in [-0.15, -0.1) is 0 Å². The number of imide groups is 1. The van der Waals surface area contributed by atoms with Crippen molar-refractivity contribution < 1.29 is 22.8 Å². The Morgan fingerprint density at radius 3 is 2.08 bits per heavy atom. The molecule has 3 amide bonds. The molecule has 1 N–H and O–H groups in total. The molecule has 1 atom stereocenters. The van der Waals surface area contributed by atoms with Gasteiger partial charge in [0.2, 0.25) is 21.8 Å². The van der Waals surface area contributed by atoms with Crippen LogP contribution in [-0.2, 0) is 24.4 Å². The summed E-state index contributed by atoms with van der Waals surface area (Å²) >= 11 is 0. The summed E-state index contributed by atoms with van der Waals surface area (Å²) in [4.78, 5) is 39.4. The second kappa shape index (κ2) is 11.1. The number of amides is 3. The van der Waals surface area contributed by atoms with Crippen molar-refractivity contribution in [2.45, 2.75) is 88.6 Å². The van der Waals surface area contributed by atoms with Crippen LogP contribution in [0.25, 0.3) is 0 Å². The minimum Gasteiger partial charge on any atom is -0.326 e. The van der Waals surface area contributed by atoms with Gasteiger partial charge in [0.1, 0.15) is 6.04 Å². The fraction of sp³-hybridized carbons (Fsp3) is 0.464. The number of carbonyl (C=O) groups excluding carboxylic acids is 3. The molecule has 1 unspecified atom stereocenters. The molecule has 1 saturated carbocycles. The Labute approximate surface area is 219 Å². The van der Waals surface area contributed by atoms with Gasteiger partial charge in [-0.1, -0.05) is 51.7 Å². The van der Waals surface area contributed by atoms with Crippen molar-refractivity contribution in [1.29, 1.82) is 0 Å². The van der Waals surface area contributed by atoms with Crippen molar-refractivity contribution in [3.8, 4) is 0 Å². The number of hydrogen-bond acceptors (Lipinski definition) is 5. The third kappa shape index (κ3) is 5.78. The zero-order chi connectivity index (χ0) is 26.7. The van der Waals surface area contributed by atoms with Crippen LogP contribution in [0, 0.1) is 0 Å². The lowest BCUT2D eigenvalue weighted by Gasteiger charge is -2.34. The molecule has 2 fully saturated rings. The van der Waals surface area contributed by atoms with E-state index in [1.165, 1.54) is 35.5 Å². The topological polar surface area (TPSA) is 104 Å². The van der Waals surface area contributed by atoms with Gasteiger partial charge in [0, 0.05) is 18.7 Å². The molecule has 0 bridgehead atoms. The number of hydrogen-bond donors (Lipinski definition) is 1. The molecule has 1 heterocycles. The molecule has 2 aromatic rings. The van der Waals surface area contributed by atoms with Gasteiger partial charge in [-0.05, 0) is 60.7 Å². The molecule has 4 rings (SSSR count). The van der Waals surface area contributed by atoms with Gasteiger partial charge in [-0.3, -0.25) is 14.4 Å². The van der Waals surface area contributed by atoms with Gasteiger partial charge < -0.3 is 5.32 Å². The molecule has 198 valence electrons. The average Bonchev–Trinajstić information content (AvgIpc) is 3.01. The van der Waals surface area contributed by atoms with E-state index in [-0.39, 0.29) is 23.3 Å². The van der Waals surface area contributed by atoms with Crippen molar-refractivity contribution in [3.05, 3.63) is 54.1 Å². The van der Waals surface area contributed by atoms with Crippen LogP contribution in [0.4, 0.5) is 11.4 Å². The largest absolute Gasteiger partial charge is 0.326 e. The summed E-state index contributed by atoms with van der Waals surface area (Å²) in [5.74, 6) is -0.862. The molecule has 1 aliphatic carbocycles. The second-order valence-corrected chi connectivity index (χ2v) is 12.1. The van der Waals surface area contributed by atoms with Gasteiger partial charge in [-0.25, -0.2) is 13.3 Å². The van der Waals surface area contributed by atoms with E-state index >= 15 is 0 Å². The van der Waals surface area contributed by atoms with E-state index in [0.29, 0.717) is 30.1 Å². The van der Waals surface area contributed by atoms with Crippen LogP contribution < -0.4 is 10.2 Å². The first-order valence-corrected chi connectivity index (χ1v) is 14.4. The van der Waals surface area contributed by atoms with Crippen LogP contribution in [0.3, 0.4) is 0 Å². The molecule has 1 aliphatic heterocycles. The summed E-state index contributed by atoms with van der Waals surface area (Å²) in [5.41, 5.74) is 2.03. The fourth-order valence-electron chi connectivity index (χ4n) is 5.26. The molecule has 37 heavy (non-hydrogen) atoms. The van der Waals surface area contributed by atoms with Crippen molar-refractivity contribution >= 4 is 39.1 Å². The molecule has 2 aliphatic rings. The monoisotopic (exact) mass is 525 g/mol. The minimum absolute atomic E-state index is 0.0332. The van der Waals surface area contributed by atoms with Crippen LogP contribution in [-0.4, -0.2) is 42.5 Å². The van der Waals surface area contributed by atoms with Crippen LogP contribution in [0.5, 0.6) is 0 Å². The highest BCUT2D eigenvalue weighted by atomic mass is 32.2. The lowest BCUT2D eigenvalue weighted by molar-refractivity contribution is -0.122. The molecule has 0 spiro atoms. The zero-order valence-corrected chi connectivity index (χ0v) is 22.5. The fourth-order valence-corrected chi connectivity index (χ4v) is 7.09. The van der Waals surface area contributed by atoms with E-state index < -0.39 is 27.9 Å². The average molecular weight is 526 g/mol. The third-order valence-corrected chi connectivity index (χ3v) is 9.16. The van der Waals surface area contributed by atoms with Gasteiger partial charge in [0.05, 0.1) is 17.0 Å². The van der Waals surface area contributed by atoms with Gasteiger partial charge in [-0.2, -0.15) is 4.31 Å². The van der Waals surface area contributed by atoms with E-state index in [0.717, 1.165) is 36.1 Å². The minimum atomic E-state index is -4.10. The summed E-state index contributed by atoms with van der Waals surface area (Å²) in [6.07, 6.45) is 4.86. The number of anilines is 2. The maximum Gasteiger partial charge on any atom is 0.252 e. The van der Waals surface area contributed by atoms with E-state index in [9.17, 15) is 22.8 Å². The number of nitrogens with one attached hydrogen (secondary N) is 1. The summed E-state index contributed by atoms with van der Waals surface area (Å²) in [7, 11) is -4.10. The Bertz CT molecular complexity index is 1250. The summed E-state index contributed by atoms with van der Waals surface area (Å²) in [6.45, 7) is 5.51. The van der Waals surface area contributed by atoms with Gasteiger partial charge >= 0.3 is 0 Å². The lowest BCUT2D eigenvalue weighted by atomic mass is 10.0. The third-order valence-electron chi connectivity index (χ3n) is 7.18. The van der Waals surface area contributed by atoms with E-state index in [1.807, 2.05) is 12.1 Å². The van der Waals surface area contributed by atoms with Crippen LogP contribution in [0.15, 0.2) is 53.4 Å². The molecular formula is C28H35N3O5S. The number of benzene rings is 2. The molecule has 2 aromatic carbocycles.